The zero-order valence-electron chi connectivity index (χ0n) is 10.7. The lowest BCUT2D eigenvalue weighted by molar-refractivity contribution is -0.119. The van der Waals surface area contributed by atoms with Gasteiger partial charge in [0.2, 0.25) is 5.91 Å². The van der Waals surface area contributed by atoms with Crippen molar-refractivity contribution in [2.45, 2.75) is 26.4 Å². The lowest BCUT2D eigenvalue weighted by Gasteiger charge is -2.25. The molecule has 0 bridgehead atoms. The van der Waals surface area contributed by atoms with E-state index in [2.05, 4.69) is 0 Å². The normalized spacial score (nSPS) is 10.4. The highest BCUT2D eigenvalue weighted by molar-refractivity contribution is 5.96. The Balaban J connectivity index is 2.97. The smallest absolute Gasteiger partial charge is 0.254 e. The Labute approximate surface area is 107 Å². The van der Waals surface area contributed by atoms with E-state index >= 15 is 0 Å². The molecule has 5 nitrogen and oxygen atoms in total. The molecule has 0 heterocycles. The number of nitrogens with zero attached hydrogens (tertiary/aromatic N) is 1. The maximum Gasteiger partial charge on any atom is 0.254 e. The molecule has 18 heavy (non-hydrogen) atoms. The van der Waals surface area contributed by atoms with E-state index in [0.29, 0.717) is 12.1 Å². The summed E-state index contributed by atoms with van der Waals surface area (Å²) in [5.41, 5.74) is 12.1. The molecule has 0 radical (unpaired) electrons. The third-order valence-electron chi connectivity index (χ3n) is 2.62. The van der Waals surface area contributed by atoms with Gasteiger partial charge in [-0.05, 0) is 31.5 Å². The summed E-state index contributed by atoms with van der Waals surface area (Å²) in [5, 5.41) is 0. The van der Waals surface area contributed by atoms with Crippen LogP contribution >= 0.6 is 0 Å². The Morgan fingerprint density at radius 3 is 2.50 bits per heavy atom. The van der Waals surface area contributed by atoms with E-state index in [4.69, 9.17) is 11.5 Å². The summed E-state index contributed by atoms with van der Waals surface area (Å²) in [5.74, 6) is -0.730. The first-order valence-corrected chi connectivity index (χ1v) is 5.84. The largest absolute Gasteiger partial charge is 0.368 e. The third-order valence-corrected chi connectivity index (χ3v) is 2.62. The molecule has 4 N–H and O–H groups in total. The van der Waals surface area contributed by atoms with Gasteiger partial charge in [-0.2, -0.15) is 0 Å². The molecule has 0 aliphatic rings. The predicted octanol–water partition coefficient (Wildman–Crippen LogP) is 0.481. The number of carbonyl (C=O) groups excluding carboxylic acids is 2. The predicted molar refractivity (Wildman–Crippen MR) is 69.7 cm³/mol. The number of hydrogen-bond acceptors (Lipinski definition) is 3. The Hall–Kier alpha value is -1.88. The van der Waals surface area contributed by atoms with Crippen molar-refractivity contribution in [2.75, 3.05) is 6.54 Å². The van der Waals surface area contributed by atoms with E-state index in [1.165, 1.54) is 4.90 Å². The molecule has 0 aromatic heterocycles. The van der Waals surface area contributed by atoms with Crippen LogP contribution in [0.4, 0.5) is 0 Å². The van der Waals surface area contributed by atoms with E-state index in [1.54, 1.807) is 18.2 Å². The van der Waals surface area contributed by atoms with Gasteiger partial charge in [0.15, 0.2) is 0 Å². The molecule has 0 spiro atoms. The van der Waals surface area contributed by atoms with Crippen LogP contribution < -0.4 is 11.5 Å². The van der Waals surface area contributed by atoms with Crippen LogP contribution in [0.15, 0.2) is 24.3 Å². The Kier molecular flexibility index (Phi) is 4.85. The van der Waals surface area contributed by atoms with Crippen molar-refractivity contribution in [3.05, 3.63) is 35.4 Å². The maximum atomic E-state index is 12.3. The van der Waals surface area contributed by atoms with Crippen molar-refractivity contribution < 1.29 is 9.59 Å². The molecule has 5 heteroatoms. The summed E-state index contributed by atoms with van der Waals surface area (Å²) in [7, 11) is 0. The number of amides is 2. The van der Waals surface area contributed by atoms with E-state index in [1.807, 2.05) is 19.9 Å². The fraction of sp³-hybridized carbons (Fsp3) is 0.385. The number of carbonyl (C=O) groups is 2. The highest BCUT2D eigenvalue weighted by Crippen LogP contribution is 2.10. The van der Waals surface area contributed by atoms with Crippen molar-refractivity contribution in [1.29, 1.82) is 0 Å². The summed E-state index contributed by atoms with van der Waals surface area (Å²) in [4.78, 5) is 24.7. The van der Waals surface area contributed by atoms with Gasteiger partial charge >= 0.3 is 0 Å². The first-order valence-electron chi connectivity index (χ1n) is 5.84. The Morgan fingerprint density at radius 2 is 2.00 bits per heavy atom. The van der Waals surface area contributed by atoms with E-state index in [0.717, 1.165) is 5.56 Å². The van der Waals surface area contributed by atoms with Gasteiger partial charge in [-0.25, -0.2) is 0 Å². The molecule has 1 rings (SSSR count). The van der Waals surface area contributed by atoms with Gasteiger partial charge in [-0.3, -0.25) is 9.59 Å². The zero-order chi connectivity index (χ0) is 13.7. The molecule has 98 valence electrons. The molecular weight excluding hydrogens is 230 g/mol. The van der Waals surface area contributed by atoms with Crippen molar-refractivity contribution in [3.63, 3.8) is 0 Å². The Morgan fingerprint density at radius 1 is 1.33 bits per heavy atom. The first kappa shape index (κ1) is 14.2. The van der Waals surface area contributed by atoms with E-state index in [9.17, 15) is 9.59 Å². The summed E-state index contributed by atoms with van der Waals surface area (Å²) < 4.78 is 0. The SMILES string of the molecule is CC(C)N(CC(N)=O)C(=O)c1cccc(CN)c1. The molecule has 1 aromatic rings. The number of nitrogens with two attached hydrogens (primary N) is 2. The fourth-order valence-electron chi connectivity index (χ4n) is 1.65. The number of hydrogen-bond donors (Lipinski definition) is 2. The minimum absolute atomic E-state index is 0.0800. The molecule has 0 saturated heterocycles. The highest BCUT2D eigenvalue weighted by Gasteiger charge is 2.20. The number of primary amides is 1. The van der Waals surface area contributed by atoms with Crippen LogP contribution in [0.5, 0.6) is 0 Å². The minimum Gasteiger partial charge on any atom is -0.368 e. The van der Waals surface area contributed by atoms with Gasteiger partial charge in [0.25, 0.3) is 5.91 Å². The van der Waals surface area contributed by atoms with Crippen LogP contribution in [0, 0.1) is 0 Å². The molecule has 0 aliphatic carbocycles. The standard InChI is InChI=1S/C13H19N3O2/c1-9(2)16(8-12(15)17)13(18)11-5-3-4-10(6-11)7-14/h3-6,9H,7-8,14H2,1-2H3,(H2,15,17). The van der Waals surface area contributed by atoms with Crippen molar-refractivity contribution in [3.8, 4) is 0 Å². The molecule has 0 aliphatic heterocycles. The van der Waals surface area contributed by atoms with Crippen LogP contribution in [0.25, 0.3) is 0 Å². The lowest BCUT2D eigenvalue weighted by atomic mass is 10.1. The molecular formula is C13H19N3O2. The van der Waals surface area contributed by atoms with E-state index in [-0.39, 0.29) is 18.5 Å². The summed E-state index contributed by atoms with van der Waals surface area (Å²) in [6.45, 7) is 3.98. The van der Waals surface area contributed by atoms with Gasteiger partial charge in [-0.15, -0.1) is 0 Å². The van der Waals surface area contributed by atoms with E-state index < -0.39 is 5.91 Å². The van der Waals surface area contributed by atoms with Crippen LogP contribution in [-0.2, 0) is 11.3 Å². The first-order chi connectivity index (χ1) is 8.45. The third kappa shape index (κ3) is 3.56. The molecule has 2 amide bonds. The second-order valence-electron chi connectivity index (χ2n) is 4.40. The minimum atomic E-state index is -0.521. The topological polar surface area (TPSA) is 89.4 Å². The van der Waals surface area contributed by atoms with Crippen molar-refractivity contribution >= 4 is 11.8 Å². The Bertz CT molecular complexity index is 444. The average Bonchev–Trinajstić information content (AvgIpc) is 2.34. The molecule has 0 unspecified atom stereocenters. The maximum absolute atomic E-state index is 12.3. The van der Waals surface area contributed by atoms with Crippen LogP contribution in [0.3, 0.4) is 0 Å². The van der Waals surface area contributed by atoms with Gasteiger partial charge < -0.3 is 16.4 Å². The molecule has 0 saturated carbocycles. The molecule has 0 fully saturated rings. The number of benzene rings is 1. The summed E-state index contributed by atoms with van der Waals surface area (Å²) in [6, 6.07) is 6.98. The van der Waals surface area contributed by atoms with Crippen molar-refractivity contribution in [2.24, 2.45) is 11.5 Å². The summed E-state index contributed by atoms with van der Waals surface area (Å²) >= 11 is 0. The van der Waals surface area contributed by atoms with Crippen LogP contribution in [-0.4, -0.2) is 29.3 Å². The highest BCUT2D eigenvalue weighted by atomic mass is 16.2. The van der Waals surface area contributed by atoms with Crippen LogP contribution in [0.2, 0.25) is 0 Å². The van der Waals surface area contributed by atoms with Gasteiger partial charge in [-0.1, -0.05) is 12.1 Å². The second kappa shape index (κ2) is 6.16. The molecule has 0 atom stereocenters. The monoisotopic (exact) mass is 249 g/mol. The zero-order valence-corrected chi connectivity index (χ0v) is 10.7. The summed E-state index contributed by atoms with van der Waals surface area (Å²) in [6.07, 6.45) is 0. The number of rotatable bonds is 5. The van der Waals surface area contributed by atoms with Gasteiger partial charge in [0, 0.05) is 18.2 Å². The van der Waals surface area contributed by atoms with Gasteiger partial charge in [0.05, 0.1) is 6.54 Å². The average molecular weight is 249 g/mol. The second-order valence-corrected chi connectivity index (χ2v) is 4.40. The van der Waals surface area contributed by atoms with Gasteiger partial charge in [0.1, 0.15) is 0 Å². The van der Waals surface area contributed by atoms with Crippen LogP contribution in [0.1, 0.15) is 29.8 Å². The fourth-order valence-corrected chi connectivity index (χ4v) is 1.65. The lowest BCUT2D eigenvalue weighted by Crippen LogP contribution is -2.42. The van der Waals surface area contributed by atoms with Crippen molar-refractivity contribution in [1.82, 2.24) is 4.90 Å². The quantitative estimate of drug-likeness (QED) is 0.795. The molecule has 1 aromatic carbocycles.